The Bertz CT molecular complexity index is 905. The van der Waals surface area contributed by atoms with Crippen LogP contribution in [0.5, 0.6) is 0 Å². The second-order valence-electron chi connectivity index (χ2n) is 5.17. The van der Waals surface area contributed by atoms with E-state index in [4.69, 9.17) is 23.1 Å². The van der Waals surface area contributed by atoms with Gasteiger partial charge in [-0.25, -0.2) is 5.10 Å². The number of nitrogen functional groups attached to an aromatic ring is 2. The van der Waals surface area contributed by atoms with Crippen LogP contribution < -0.4 is 16.8 Å². The number of rotatable bonds is 3. The van der Waals surface area contributed by atoms with Gasteiger partial charge in [0.05, 0.1) is 10.6 Å². The highest BCUT2D eigenvalue weighted by molar-refractivity contribution is 6.34. The Hall–Kier alpha value is -2.94. The van der Waals surface area contributed by atoms with Crippen LogP contribution in [-0.4, -0.2) is 15.2 Å². The highest BCUT2D eigenvalue weighted by Crippen LogP contribution is 2.43. The molecule has 0 unspecified atom stereocenters. The van der Waals surface area contributed by atoms with Crippen LogP contribution in [0.25, 0.3) is 11.1 Å². The minimum Gasteiger partial charge on any atom is -0.399 e. The fourth-order valence-corrected chi connectivity index (χ4v) is 2.63. The van der Waals surface area contributed by atoms with E-state index in [0.29, 0.717) is 11.3 Å². The first-order valence-corrected chi connectivity index (χ1v) is 7.33. The number of nitrogens with one attached hydrogen (secondary N) is 2. The Morgan fingerprint density at radius 2 is 1.76 bits per heavy atom. The van der Waals surface area contributed by atoms with Crippen molar-refractivity contribution in [1.29, 1.82) is 0 Å². The number of halogens is 4. The largest absolute Gasteiger partial charge is 0.417 e. The number of hydrogen-bond acceptors (Lipinski definition) is 5. The van der Waals surface area contributed by atoms with Gasteiger partial charge in [0.2, 0.25) is 11.9 Å². The highest BCUT2D eigenvalue weighted by Gasteiger charge is 2.35. The lowest BCUT2D eigenvalue weighted by Crippen LogP contribution is -2.09. The first-order valence-electron chi connectivity index (χ1n) is 6.95. The van der Waals surface area contributed by atoms with Crippen LogP contribution in [0.2, 0.25) is 5.02 Å². The summed E-state index contributed by atoms with van der Waals surface area (Å²) in [6.45, 7) is 0. The van der Waals surface area contributed by atoms with Crippen molar-refractivity contribution in [3.05, 3.63) is 47.0 Å². The van der Waals surface area contributed by atoms with E-state index in [0.717, 1.165) is 6.07 Å². The lowest BCUT2D eigenvalue weighted by atomic mass is 9.98. The second-order valence-corrected chi connectivity index (χ2v) is 5.58. The summed E-state index contributed by atoms with van der Waals surface area (Å²) in [5, 5.41) is 8.64. The maximum Gasteiger partial charge on any atom is 0.417 e. The number of nitrogens with two attached hydrogens (primary N) is 2. The Kier molecular flexibility index (Phi) is 4.17. The van der Waals surface area contributed by atoms with Gasteiger partial charge in [-0.3, -0.25) is 0 Å². The van der Waals surface area contributed by atoms with Gasteiger partial charge < -0.3 is 16.8 Å². The summed E-state index contributed by atoms with van der Waals surface area (Å²) in [7, 11) is 0. The normalized spacial score (nSPS) is 11.5. The van der Waals surface area contributed by atoms with Crippen LogP contribution >= 0.6 is 11.6 Å². The molecule has 0 bridgehead atoms. The predicted molar refractivity (Wildman–Crippen MR) is 90.4 cm³/mol. The smallest absolute Gasteiger partial charge is 0.399 e. The molecule has 6 N–H and O–H groups in total. The van der Waals surface area contributed by atoms with Gasteiger partial charge in [-0.05, 0) is 29.8 Å². The molecule has 130 valence electrons. The molecule has 0 saturated heterocycles. The minimum atomic E-state index is -4.61. The molecule has 25 heavy (non-hydrogen) atoms. The van der Waals surface area contributed by atoms with Crippen LogP contribution in [0, 0.1) is 0 Å². The Morgan fingerprint density at radius 1 is 1.08 bits per heavy atom. The lowest BCUT2D eigenvalue weighted by molar-refractivity contribution is -0.137. The third kappa shape index (κ3) is 3.61. The zero-order valence-corrected chi connectivity index (χ0v) is 13.3. The van der Waals surface area contributed by atoms with Crippen LogP contribution in [0.3, 0.4) is 0 Å². The monoisotopic (exact) mass is 368 g/mol. The van der Waals surface area contributed by atoms with Crippen molar-refractivity contribution in [3.63, 3.8) is 0 Å². The van der Waals surface area contributed by atoms with Gasteiger partial charge in [-0.15, -0.1) is 5.10 Å². The molecule has 0 aliphatic carbocycles. The standard InChI is InChI=1S/C15H12ClF3N6/c16-11-6-9(22-14-23-13(21)24-25-14)5-10(15(17,18)19)12(11)7-1-3-8(20)4-2-7/h1-6H,20H2,(H4,21,22,23,24,25). The molecule has 3 rings (SSSR count). The predicted octanol–water partition coefficient (Wildman–Crippen LogP) is 4.05. The zero-order chi connectivity index (χ0) is 18.2. The van der Waals surface area contributed by atoms with Gasteiger partial charge in [-0.2, -0.15) is 18.2 Å². The van der Waals surface area contributed by atoms with Gasteiger partial charge in [0, 0.05) is 16.9 Å². The van der Waals surface area contributed by atoms with Crippen LogP contribution in [-0.2, 0) is 6.18 Å². The van der Waals surface area contributed by atoms with Crippen molar-refractivity contribution in [2.24, 2.45) is 0 Å². The summed E-state index contributed by atoms with van der Waals surface area (Å²) in [6.07, 6.45) is -4.61. The number of aromatic amines is 1. The highest BCUT2D eigenvalue weighted by atomic mass is 35.5. The Balaban J connectivity index is 2.10. The molecule has 0 fully saturated rings. The van der Waals surface area contributed by atoms with Gasteiger partial charge in [0.25, 0.3) is 0 Å². The molecule has 0 atom stereocenters. The van der Waals surface area contributed by atoms with Gasteiger partial charge in [0.1, 0.15) is 0 Å². The third-order valence-electron chi connectivity index (χ3n) is 3.35. The van der Waals surface area contributed by atoms with Crippen LogP contribution in [0.4, 0.5) is 36.4 Å². The quantitative estimate of drug-likeness (QED) is 0.522. The molecule has 0 aliphatic rings. The molecular weight excluding hydrogens is 357 g/mol. The zero-order valence-electron chi connectivity index (χ0n) is 12.5. The molecule has 10 heteroatoms. The van der Waals surface area contributed by atoms with Crippen LogP contribution in [0.15, 0.2) is 36.4 Å². The maximum absolute atomic E-state index is 13.5. The topological polar surface area (TPSA) is 106 Å². The summed E-state index contributed by atoms with van der Waals surface area (Å²) in [4.78, 5) is 3.78. The SMILES string of the molecule is Nc1ccc(-c2c(Cl)cc(Nc3n[nH]c(N)n3)cc2C(F)(F)F)cc1. The number of H-pyrrole nitrogens is 1. The first kappa shape index (κ1) is 16.9. The third-order valence-corrected chi connectivity index (χ3v) is 3.65. The van der Waals surface area contributed by atoms with Crippen molar-refractivity contribution in [2.45, 2.75) is 6.18 Å². The van der Waals surface area contributed by atoms with Crippen LogP contribution in [0.1, 0.15) is 5.56 Å². The average Bonchev–Trinajstić information content (AvgIpc) is 2.92. The summed E-state index contributed by atoms with van der Waals surface area (Å²) in [5.74, 6) is 0.0602. The molecule has 0 spiro atoms. The Labute approximate surface area is 145 Å². The molecule has 1 heterocycles. The molecule has 0 saturated carbocycles. The minimum absolute atomic E-state index is 0.0296. The fraction of sp³-hybridized carbons (Fsp3) is 0.0667. The number of hydrogen-bond donors (Lipinski definition) is 4. The molecule has 0 amide bonds. The molecule has 0 aliphatic heterocycles. The van der Waals surface area contributed by atoms with Crippen molar-refractivity contribution in [1.82, 2.24) is 15.2 Å². The molecule has 6 nitrogen and oxygen atoms in total. The summed E-state index contributed by atoms with van der Waals surface area (Å²) in [5.41, 5.74) is 10.8. The van der Waals surface area contributed by atoms with Gasteiger partial charge >= 0.3 is 6.18 Å². The van der Waals surface area contributed by atoms with E-state index in [1.165, 1.54) is 30.3 Å². The number of anilines is 4. The van der Waals surface area contributed by atoms with E-state index >= 15 is 0 Å². The van der Waals surface area contributed by atoms with Gasteiger partial charge in [-0.1, -0.05) is 23.7 Å². The molecule has 1 aromatic heterocycles. The summed E-state index contributed by atoms with van der Waals surface area (Å²) < 4.78 is 40.6. The van der Waals surface area contributed by atoms with Gasteiger partial charge in [0.15, 0.2) is 0 Å². The van der Waals surface area contributed by atoms with E-state index in [1.807, 2.05) is 0 Å². The summed E-state index contributed by atoms with van der Waals surface area (Å²) in [6, 6.07) is 8.27. The molecule has 0 radical (unpaired) electrons. The van der Waals surface area contributed by atoms with E-state index < -0.39 is 11.7 Å². The van der Waals surface area contributed by atoms with Crippen molar-refractivity contribution >= 4 is 34.9 Å². The number of nitrogens with zero attached hydrogens (tertiary/aromatic N) is 2. The maximum atomic E-state index is 13.5. The fourth-order valence-electron chi connectivity index (χ4n) is 2.30. The van der Waals surface area contributed by atoms with E-state index in [2.05, 4.69) is 20.5 Å². The molecular formula is C15H12ClF3N6. The van der Waals surface area contributed by atoms with E-state index in [1.54, 1.807) is 0 Å². The lowest BCUT2D eigenvalue weighted by Gasteiger charge is -2.17. The first-order chi connectivity index (χ1) is 11.7. The summed E-state index contributed by atoms with van der Waals surface area (Å²) >= 11 is 6.14. The number of benzene rings is 2. The number of aromatic nitrogens is 3. The van der Waals surface area contributed by atoms with E-state index in [9.17, 15) is 13.2 Å². The van der Waals surface area contributed by atoms with Crippen molar-refractivity contribution in [2.75, 3.05) is 16.8 Å². The van der Waals surface area contributed by atoms with E-state index in [-0.39, 0.29) is 28.2 Å². The molecule has 3 aromatic rings. The van der Waals surface area contributed by atoms with Crippen molar-refractivity contribution < 1.29 is 13.2 Å². The van der Waals surface area contributed by atoms with Crippen molar-refractivity contribution in [3.8, 4) is 11.1 Å². The Morgan fingerprint density at radius 3 is 2.32 bits per heavy atom. The average molecular weight is 369 g/mol. The second kappa shape index (κ2) is 6.17. The molecule has 2 aromatic carbocycles. The number of alkyl halides is 3.